The Bertz CT molecular complexity index is 1050. The standard InChI is InChI=1S/C30H32F2O/c1-20-7-8-24-16-25(10-9-23(24)15-20)26-17-28(31)30(29(32)18-26)22-11-13-27(14-12-22)33-19-21-5-3-2-4-6-21/h2-6,11-14,17-18,20,23-25H,7-10,15-16,19H2,1H3. The minimum Gasteiger partial charge on any atom is -0.489 e. The highest BCUT2D eigenvalue weighted by Crippen LogP contribution is 2.48. The van der Waals surface area contributed by atoms with E-state index in [1.54, 1.807) is 36.4 Å². The Morgan fingerprint density at radius 1 is 0.788 bits per heavy atom. The van der Waals surface area contributed by atoms with E-state index in [1.165, 1.54) is 25.7 Å². The number of halogens is 2. The van der Waals surface area contributed by atoms with Gasteiger partial charge < -0.3 is 4.74 Å². The molecule has 2 aliphatic rings. The van der Waals surface area contributed by atoms with Crippen LogP contribution in [0.5, 0.6) is 5.75 Å². The van der Waals surface area contributed by atoms with Crippen LogP contribution in [-0.4, -0.2) is 0 Å². The average Bonchev–Trinajstić information content (AvgIpc) is 2.83. The molecular formula is C30H32F2O. The lowest BCUT2D eigenvalue weighted by Gasteiger charge is -2.41. The molecule has 3 aromatic rings. The third-order valence-corrected chi connectivity index (χ3v) is 7.80. The van der Waals surface area contributed by atoms with Crippen molar-refractivity contribution in [2.75, 3.05) is 0 Å². The van der Waals surface area contributed by atoms with E-state index in [0.717, 1.165) is 35.8 Å². The first-order valence-corrected chi connectivity index (χ1v) is 12.3. The van der Waals surface area contributed by atoms with Crippen LogP contribution in [0, 0.1) is 29.4 Å². The fraction of sp³-hybridized carbons (Fsp3) is 0.400. The number of rotatable bonds is 5. The maximum Gasteiger partial charge on any atom is 0.134 e. The normalized spacial score (nSPS) is 24.8. The number of fused-ring (bicyclic) bond motifs is 1. The van der Waals surface area contributed by atoms with E-state index in [0.29, 0.717) is 23.8 Å². The van der Waals surface area contributed by atoms with Gasteiger partial charge in [0.2, 0.25) is 0 Å². The van der Waals surface area contributed by atoms with Crippen LogP contribution in [0.3, 0.4) is 0 Å². The van der Waals surface area contributed by atoms with Gasteiger partial charge in [-0.3, -0.25) is 0 Å². The topological polar surface area (TPSA) is 9.23 Å². The van der Waals surface area contributed by atoms with E-state index in [4.69, 9.17) is 4.74 Å². The van der Waals surface area contributed by atoms with Crippen LogP contribution in [0.2, 0.25) is 0 Å². The zero-order valence-electron chi connectivity index (χ0n) is 19.3. The number of hydrogen-bond acceptors (Lipinski definition) is 1. The Morgan fingerprint density at radius 2 is 1.45 bits per heavy atom. The molecule has 5 rings (SSSR count). The summed E-state index contributed by atoms with van der Waals surface area (Å²) in [6.45, 7) is 2.81. The minimum atomic E-state index is -0.470. The van der Waals surface area contributed by atoms with Gasteiger partial charge in [0, 0.05) is 0 Å². The summed E-state index contributed by atoms with van der Waals surface area (Å²) in [7, 11) is 0. The highest BCUT2D eigenvalue weighted by molar-refractivity contribution is 5.66. The molecule has 0 aliphatic heterocycles. The fourth-order valence-electron chi connectivity index (χ4n) is 5.99. The van der Waals surface area contributed by atoms with Crippen LogP contribution < -0.4 is 4.74 Å². The molecule has 2 fully saturated rings. The summed E-state index contributed by atoms with van der Waals surface area (Å²) in [5.74, 6) is 2.36. The molecule has 0 heterocycles. The maximum absolute atomic E-state index is 15.1. The summed E-state index contributed by atoms with van der Waals surface area (Å²) in [5, 5.41) is 0. The molecule has 0 saturated heterocycles. The third kappa shape index (κ3) is 4.98. The first kappa shape index (κ1) is 22.1. The Kier molecular flexibility index (Phi) is 6.48. The summed E-state index contributed by atoms with van der Waals surface area (Å²) >= 11 is 0. The Balaban J connectivity index is 1.28. The Morgan fingerprint density at radius 3 is 2.18 bits per heavy atom. The highest BCUT2D eigenvalue weighted by atomic mass is 19.1. The van der Waals surface area contributed by atoms with Crippen molar-refractivity contribution in [1.29, 1.82) is 0 Å². The van der Waals surface area contributed by atoms with Gasteiger partial charge in [-0.2, -0.15) is 0 Å². The fourth-order valence-corrected chi connectivity index (χ4v) is 5.99. The van der Waals surface area contributed by atoms with Gasteiger partial charge in [-0.25, -0.2) is 8.78 Å². The second-order valence-electron chi connectivity index (χ2n) is 10.1. The predicted octanol–water partition coefficient (Wildman–Crippen LogP) is 8.53. The Labute approximate surface area is 195 Å². The largest absolute Gasteiger partial charge is 0.489 e. The smallest absolute Gasteiger partial charge is 0.134 e. The second-order valence-corrected chi connectivity index (χ2v) is 10.1. The lowest BCUT2D eigenvalue weighted by molar-refractivity contribution is 0.124. The van der Waals surface area contributed by atoms with Gasteiger partial charge in [0.25, 0.3) is 0 Å². The van der Waals surface area contributed by atoms with E-state index in [-0.39, 0.29) is 11.5 Å². The van der Waals surface area contributed by atoms with Crippen LogP contribution in [0.15, 0.2) is 66.7 Å². The van der Waals surface area contributed by atoms with Crippen LogP contribution >= 0.6 is 0 Å². The van der Waals surface area contributed by atoms with Gasteiger partial charge in [-0.05, 0) is 96.7 Å². The van der Waals surface area contributed by atoms with Crippen molar-refractivity contribution in [3.8, 4) is 16.9 Å². The summed E-state index contributed by atoms with van der Waals surface area (Å²) in [5.41, 5.74) is 2.49. The van der Waals surface area contributed by atoms with E-state index >= 15 is 8.78 Å². The molecule has 0 radical (unpaired) electrons. The van der Waals surface area contributed by atoms with Crippen LogP contribution in [0.1, 0.15) is 62.5 Å². The lowest BCUT2D eigenvalue weighted by Crippen LogP contribution is -2.29. The van der Waals surface area contributed by atoms with Crippen molar-refractivity contribution in [2.45, 2.75) is 58.0 Å². The van der Waals surface area contributed by atoms with Crippen molar-refractivity contribution in [2.24, 2.45) is 17.8 Å². The zero-order valence-corrected chi connectivity index (χ0v) is 19.3. The quantitative estimate of drug-likeness (QED) is 0.381. The highest BCUT2D eigenvalue weighted by Gasteiger charge is 2.35. The summed E-state index contributed by atoms with van der Waals surface area (Å²) < 4.78 is 36.1. The molecule has 4 atom stereocenters. The van der Waals surface area contributed by atoms with Gasteiger partial charge in [0.05, 0.1) is 5.56 Å². The van der Waals surface area contributed by atoms with Crippen molar-refractivity contribution >= 4 is 0 Å². The summed E-state index contributed by atoms with van der Waals surface area (Å²) in [6.07, 6.45) is 7.19. The molecule has 3 aromatic carbocycles. The van der Waals surface area contributed by atoms with Gasteiger partial charge in [0.1, 0.15) is 24.0 Å². The van der Waals surface area contributed by atoms with Crippen LogP contribution in [0.25, 0.3) is 11.1 Å². The van der Waals surface area contributed by atoms with Gasteiger partial charge in [-0.1, -0.05) is 55.8 Å². The number of ether oxygens (including phenoxy) is 1. The Hall–Kier alpha value is -2.68. The SMILES string of the molecule is CC1CCC2CC(c3cc(F)c(-c4ccc(OCc5ccccc5)cc4)c(F)c3)CCC2C1. The van der Waals surface area contributed by atoms with E-state index in [9.17, 15) is 0 Å². The second kappa shape index (κ2) is 9.67. The van der Waals surface area contributed by atoms with Crippen molar-refractivity contribution in [1.82, 2.24) is 0 Å². The summed E-state index contributed by atoms with van der Waals surface area (Å²) in [6, 6.07) is 20.1. The predicted molar refractivity (Wildman–Crippen MR) is 129 cm³/mol. The molecule has 0 aromatic heterocycles. The molecule has 172 valence electrons. The molecular weight excluding hydrogens is 414 g/mol. The molecule has 0 bridgehead atoms. The van der Waals surface area contributed by atoms with Crippen LogP contribution in [-0.2, 0) is 6.61 Å². The van der Waals surface area contributed by atoms with Gasteiger partial charge in [0.15, 0.2) is 0 Å². The molecule has 2 aliphatic carbocycles. The monoisotopic (exact) mass is 446 g/mol. The molecule has 3 heteroatoms. The molecule has 1 nitrogen and oxygen atoms in total. The zero-order chi connectivity index (χ0) is 22.8. The first-order valence-electron chi connectivity index (χ1n) is 12.3. The molecule has 0 amide bonds. The third-order valence-electron chi connectivity index (χ3n) is 7.80. The molecule has 33 heavy (non-hydrogen) atoms. The molecule has 2 saturated carbocycles. The maximum atomic E-state index is 15.1. The minimum absolute atomic E-state index is 0.0496. The molecule has 4 unspecified atom stereocenters. The van der Waals surface area contributed by atoms with Crippen LogP contribution in [0.4, 0.5) is 8.78 Å². The van der Waals surface area contributed by atoms with Crippen molar-refractivity contribution < 1.29 is 13.5 Å². The number of hydrogen-bond donors (Lipinski definition) is 0. The van der Waals surface area contributed by atoms with Gasteiger partial charge in [-0.15, -0.1) is 0 Å². The van der Waals surface area contributed by atoms with E-state index < -0.39 is 11.6 Å². The van der Waals surface area contributed by atoms with E-state index in [1.807, 2.05) is 30.3 Å². The first-order chi connectivity index (χ1) is 16.1. The average molecular weight is 447 g/mol. The lowest BCUT2D eigenvalue weighted by atomic mass is 9.64. The number of benzene rings is 3. The molecule has 0 spiro atoms. The van der Waals surface area contributed by atoms with Crippen molar-refractivity contribution in [3.05, 3.63) is 89.5 Å². The summed E-state index contributed by atoms with van der Waals surface area (Å²) in [4.78, 5) is 0. The van der Waals surface area contributed by atoms with E-state index in [2.05, 4.69) is 6.92 Å². The molecule has 0 N–H and O–H groups in total. The van der Waals surface area contributed by atoms with Crippen molar-refractivity contribution in [3.63, 3.8) is 0 Å². The van der Waals surface area contributed by atoms with Gasteiger partial charge >= 0.3 is 0 Å².